The van der Waals surface area contributed by atoms with Crippen LogP contribution in [0.1, 0.15) is 0 Å². The number of H-pyrrole nitrogens is 2. The molecule has 2 aromatic heterocycles. The SMILES string of the molecule is c1[nH]c2ccoc2[nH+]1. The first-order valence-corrected chi connectivity index (χ1v) is 2.39. The number of hydrogen-bond acceptors (Lipinski definition) is 1. The molecular formula is C5H5N2O+. The molecular weight excluding hydrogens is 104 g/mol. The summed E-state index contributed by atoms with van der Waals surface area (Å²) in [5.74, 6) is 0. The fourth-order valence-electron chi connectivity index (χ4n) is 0.714. The highest BCUT2D eigenvalue weighted by molar-refractivity contribution is 5.63. The molecule has 0 aliphatic rings. The number of imidazole rings is 1. The summed E-state index contributed by atoms with van der Waals surface area (Å²) < 4.78 is 4.97. The van der Waals surface area contributed by atoms with E-state index in [9.17, 15) is 0 Å². The monoisotopic (exact) mass is 109 g/mol. The highest BCUT2D eigenvalue weighted by Gasteiger charge is 2.00. The van der Waals surface area contributed by atoms with E-state index in [0.717, 1.165) is 11.2 Å². The number of nitrogens with one attached hydrogen (secondary N) is 2. The quantitative estimate of drug-likeness (QED) is 0.528. The number of aromatic nitrogens is 2. The predicted octanol–water partition coefficient (Wildman–Crippen LogP) is 0.575. The van der Waals surface area contributed by atoms with Crippen LogP contribution in [0.4, 0.5) is 0 Å². The summed E-state index contributed by atoms with van der Waals surface area (Å²) in [4.78, 5) is 5.83. The van der Waals surface area contributed by atoms with Crippen LogP contribution >= 0.6 is 0 Å². The molecule has 3 heteroatoms. The van der Waals surface area contributed by atoms with Crippen molar-refractivity contribution in [2.24, 2.45) is 0 Å². The van der Waals surface area contributed by atoms with Crippen LogP contribution in [0.2, 0.25) is 0 Å². The molecule has 0 aliphatic heterocycles. The van der Waals surface area contributed by atoms with E-state index in [1.165, 1.54) is 0 Å². The van der Waals surface area contributed by atoms with Crippen LogP contribution in [-0.2, 0) is 0 Å². The molecule has 2 heterocycles. The molecule has 2 N–H and O–H groups in total. The van der Waals surface area contributed by atoms with E-state index in [-0.39, 0.29) is 0 Å². The van der Waals surface area contributed by atoms with Crippen LogP contribution < -0.4 is 4.98 Å². The van der Waals surface area contributed by atoms with Crippen molar-refractivity contribution in [2.45, 2.75) is 0 Å². The zero-order valence-electron chi connectivity index (χ0n) is 4.14. The lowest BCUT2D eigenvalue weighted by Crippen LogP contribution is -1.91. The van der Waals surface area contributed by atoms with Gasteiger partial charge in [-0.25, -0.2) is 9.97 Å². The van der Waals surface area contributed by atoms with E-state index in [1.807, 2.05) is 6.07 Å². The molecule has 0 aromatic carbocycles. The Morgan fingerprint density at radius 1 is 1.62 bits per heavy atom. The standard InChI is InChI=1S/C5H4N2O/c1-2-8-5-4(1)6-3-7-5/h1-3H,(H,6,7)/p+1. The topological polar surface area (TPSA) is 43.1 Å². The third kappa shape index (κ3) is 0.307. The molecule has 0 saturated heterocycles. The first-order chi connectivity index (χ1) is 3.97. The van der Waals surface area contributed by atoms with E-state index in [0.29, 0.717) is 0 Å². The van der Waals surface area contributed by atoms with Gasteiger partial charge in [-0.15, -0.1) is 0 Å². The maximum atomic E-state index is 4.97. The van der Waals surface area contributed by atoms with Crippen LogP contribution in [0, 0.1) is 0 Å². The van der Waals surface area contributed by atoms with Crippen molar-refractivity contribution in [3.8, 4) is 0 Å². The van der Waals surface area contributed by atoms with Crippen molar-refractivity contribution >= 4 is 11.2 Å². The Balaban J connectivity index is 3.06. The highest BCUT2D eigenvalue weighted by atomic mass is 16.3. The molecule has 0 amide bonds. The Bertz CT molecular complexity index is 232. The minimum Gasteiger partial charge on any atom is -0.428 e. The average Bonchev–Trinajstić information content (AvgIpc) is 2.15. The molecule has 0 unspecified atom stereocenters. The van der Waals surface area contributed by atoms with Crippen LogP contribution in [0.15, 0.2) is 23.1 Å². The van der Waals surface area contributed by atoms with Gasteiger partial charge in [-0.05, 0) is 0 Å². The third-order valence-corrected chi connectivity index (χ3v) is 1.10. The molecule has 0 bridgehead atoms. The Kier molecular flexibility index (Phi) is 0.521. The first-order valence-electron chi connectivity index (χ1n) is 2.39. The highest BCUT2D eigenvalue weighted by Crippen LogP contribution is 2.03. The van der Waals surface area contributed by atoms with Crippen molar-refractivity contribution < 1.29 is 9.40 Å². The number of rotatable bonds is 0. The van der Waals surface area contributed by atoms with Gasteiger partial charge in [-0.1, -0.05) is 0 Å². The molecule has 0 spiro atoms. The van der Waals surface area contributed by atoms with Gasteiger partial charge in [0.05, 0.1) is 6.26 Å². The lowest BCUT2D eigenvalue weighted by atomic mass is 10.6. The minimum absolute atomic E-state index is 0.796. The van der Waals surface area contributed by atoms with Crippen molar-refractivity contribution in [1.82, 2.24) is 4.98 Å². The minimum atomic E-state index is 0.796. The summed E-state index contributed by atoms with van der Waals surface area (Å²) in [7, 11) is 0. The van der Waals surface area contributed by atoms with Gasteiger partial charge in [-0.3, -0.25) is 0 Å². The predicted molar refractivity (Wildman–Crippen MR) is 27.1 cm³/mol. The second-order valence-corrected chi connectivity index (χ2v) is 1.60. The van der Waals surface area contributed by atoms with E-state index < -0.39 is 0 Å². The second-order valence-electron chi connectivity index (χ2n) is 1.60. The molecule has 2 rings (SSSR count). The fraction of sp³-hybridized carbons (Fsp3) is 0. The second kappa shape index (κ2) is 1.12. The molecule has 3 nitrogen and oxygen atoms in total. The lowest BCUT2D eigenvalue weighted by molar-refractivity contribution is -0.355. The van der Waals surface area contributed by atoms with E-state index in [2.05, 4.69) is 9.97 Å². The average molecular weight is 109 g/mol. The van der Waals surface area contributed by atoms with Crippen LogP contribution in [0.3, 0.4) is 0 Å². The normalized spacial score (nSPS) is 10.5. The molecule has 0 saturated carbocycles. The maximum Gasteiger partial charge on any atom is 0.335 e. The summed E-state index contributed by atoms with van der Waals surface area (Å²) in [5.41, 5.74) is 1.80. The lowest BCUT2D eigenvalue weighted by Gasteiger charge is -1.58. The van der Waals surface area contributed by atoms with Crippen molar-refractivity contribution in [1.29, 1.82) is 0 Å². The molecule has 0 radical (unpaired) electrons. The van der Waals surface area contributed by atoms with Crippen molar-refractivity contribution in [2.75, 3.05) is 0 Å². The summed E-state index contributed by atoms with van der Waals surface area (Å²) in [6.45, 7) is 0. The van der Waals surface area contributed by atoms with Crippen LogP contribution in [0.25, 0.3) is 11.2 Å². The van der Waals surface area contributed by atoms with Crippen molar-refractivity contribution in [3.05, 3.63) is 18.7 Å². The molecule has 0 fully saturated rings. The zero-order chi connectivity index (χ0) is 5.40. The Morgan fingerprint density at radius 2 is 2.62 bits per heavy atom. The van der Waals surface area contributed by atoms with Gasteiger partial charge in [-0.2, -0.15) is 0 Å². The Labute approximate surface area is 45.3 Å². The van der Waals surface area contributed by atoms with Gasteiger partial charge in [0.1, 0.15) is 0 Å². The number of hydrogen-bond donors (Lipinski definition) is 1. The molecule has 2 aromatic rings. The van der Waals surface area contributed by atoms with E-state index in [4.69, 9.17) is 4.42 Å². The molecule has 40 valence electrons. The zero-order valence-corrected chi connectivity index (χ0v) is 4.14. The third-order valence-electron chi connectivity index (χ3n) is 1.10. The Hall–Kier alpha value is -1.25. The summed E-state index contributed by atoms with van der Waals surface area (Å²) in [5, 5.41) is 0. The van der Waals surface area contributed by atoms with E-state index in [1.54, 1.807) is 12.6 Å². The number of fused-ring (bicyclic) bond motifs is 1. The van der Waals surface area contributed by atoms with Gasteiger partial charge >= 0.3 is 5.71 Å². The maximum absolute atomic E-state index is 4.97. The first kappa shape index (κ1) is 3.72. The molecule has 0 aliphatic carbocycles. The number of furan rings is 1. The smallest absolute Gasteiger partial charge is 0.335 e. The summed E-state index contributed by atoms with van der Waals surface area (Å²) >= 11 is 0. The van der Waals surface area contributed by atoms with Crippen LogP contribution in [0.5, 0.6) is 0 Å². The van der Waals surface area contributed by atoms with Gasteiger partial charge in [0.25, 0.3) is 0 Å². The van der Waals surface area contributed by atoms with Gasteiger partial charge in [0, 0.05) is 6.07 Å². The molecule has 8 heavy (non-hydrogen) atoms. The largest absolute Gasteiger partial charge is 0.428 e. The number of aromatic amines is 2. The van der Waals surface area contributed by atoms with Crippen molar-refractivity contribution in [3.63, 3.8) is 0 Å². The summed E-state index contributed by atoms with van der Waals surface area (Å²) in [6, 6.07) is 1.87. The summed E-state index contributed by atoms with van der Waals surface area (Å²) in [6.07, 6.45) is 3.37. The molecule has 0 atom stereocenters. The fourth-order valence-corrected chi connectivity index (χ4v) is 0.714. The van der Waals surface area contributed by atoms with E-state index >= 15 is 0 Å². The Morgan fingerprint density at radius 3 is 3.50 bits per heavy atom. The van der Waals surface area contributed by atoms with Crippen LogP contribution in [-0.4, -0.2) is 4.98 Å². The van der Waals surface area contributed by atoms with Gasteiger partial charge in [0.2, 0.25) is 11.8 Å². The van der Waals surface area contributed by atoms with Gasteiger partial charge in [0.15, 0.2) is 0 Å². The van der Waals surface area contributed by atoms with Gasteiger partial charge < -0.3 is 4.42 Å².